The molecule has 5 nitrogen and oxygen atoms in total. The molecule has 0 aliphatic rings. The van der Waals surface area contributed by atoms with Crippen molar-refractivity contribution in [2.24, 2.45) is 0 Å². The summed E-state index contributed by atoms with van der Waals surface area (Å²) in [5, 5.41) is 21.2. The van der Waals surface area contributed by atoms with Crippen LogP contribution in [-0.4, -0.2) is 21.1 Å². The Hall–Kier alpha value is -2.56. The molecule has 1 aromatic heterocycles. The molecule has 0 fully saturated rings. The molecule has 0 atom stereocenters. The number of hydrogen-bond acceptors (Lipinski definition) is 4. The van der Waals surface area contributed by atoms with Crippen molar-refractivity contribution >= 4 is 11.6 Å². The third kappa shape index (κ3) is 2.52. The number of phenolic OH excluding ortho intramolecular Hbond substituents is 2. The first kappa shape index (κ1) is 10.9. The average molecular weight is 230 g/mol. The van der Waals surface area contributed by atoms with E-state index in [1.807, 2.05) is 0 Å². The number of benzene rings is 1. The summed E-state index contributed by atoms with van der Waals surface area (Å²) >= 11 is 0. The highest BCUT2D eigenvalue weighted by Gasteiger charge is 2.11. The Labute approximate surface area is 97.4 Å². The second kappa shape index (κ2) is 4.52. The minimum Gasteiger partial charge on any atom is -0.508 e. The number of carbonyl (C=O) groups is 1. The van der Waals surface area contributed by atoms with E-state index >= 15 is 0 Å². The fourth-order valence-electron chi connectivity index (χ4n) is 1.35. The predicted octanol–water partition coefficient (Wildman–Crippen LogP) is 1.75. The predicted molar refractivity (Wildman–Crippen MR) is 62.0 cm³/mol. The molecule has 0 radical (unpaired) electrons. The summed E-state index contributed by atoms with van der Waals surface area (Å²) in [6.45, 7) is 0. The quantitative estimate of drug-likeness (QED) is 0.733. The van der Waals surface area contributed by atoms with Crippen LogP contribution in [0.3, 0.4) is 0 Å². The van der Waals surface area contributed by atoms with E-state index in [2.05, 4.69) is 10.3 Å². The van der Waals surface area contributed by atoms with Gasteiger partial charge in [-0.1, -0.05) is 0 Å². The van der Waals surface area contributed by atoms with Crippen LogP contribution in [0.1, 0.15) is 10.4 Å². The van der Waals surface area contributed by atoms with Gasteiger partial charge in [-0.05, 0) is 24.3 Å². The lowest BCUT2D eigenvalue weighted by Crippen LogP contribution is -2.11. The first-order valence-electron chi connectivity index (χ1n) is 4.90. The van der Waals surface area contributed by atoms with E-state index in [0.29, 0.717) is 5.69 Å². The molecule has 17 heavy (non-hydrogen) atoms. The van der Waals surface area contributed by atoms with E-state index in [-0.39, 0.29) is 17.1 Å². The molecule has 3 N–H and O–H groups in total. The number of carbonyl (C=O) groups excluding carboxylic acids is 1. The van der Waals surface area contributed by atoms with Gasteiger partial charge in [0.15, 0.2) is 0 Å². The summed E-state index contributed by atoms with van der Waals surface area (Å²) in [6, 6.07) is 7.06. The van der Waals surface area contributed by atoms with Gasteiger partial charge in [0, 0.05) is 24.1 Å². The highest BCUT2D eigenvalue weighted by atomic mass is 16.3. The van der Waals surface area contributed by atoms with E-state index in [4.69, 9.17) is 5.11 Å². The van der Waals surface area contributed by atoms with Gasteiger partial charge in [0.2, 0.25) is 0 Å². The van der Waals surface area contributed by atoms with Crippen molar-refractivity contribution < 1.29 is 15.0 Å². The third-order valence-corrected chi connectivity index (χ3v) is 2.16. The van der Waals surface area contributed by atoms with Crippen LogP contribution in [0.25, 0.3) is 0 Å². The highest BCUT2D eigenvalue weighted by Crippen LogP contribution is 2.23. The van der Waals surface area contributed by atoms with Gasteiger partial charge in [-0.3, -0.25) is 9.78 Å². The summed E-state index contributed by atoms with van der Waals surface area (Å²) in [5.41, 5.74) is 0.678. The molecule has 2 aromatic rings. The minimum absolute atomic E-state index is 0.0945. The van der Waals surface area contributed by atoms with Crippen molar-refractivity contribution in [1.29, 1.82) is 0 Å². The molecule has 5 heteroatoms. The van der Waals surface area contributed by atoms with Crippen molar-refractivity contribution in [3.63, 3.8) is 0 Å². The molecule has 86 valence electrons. The van der Waals surface area contributed by atoms with Crippen LogP contribution < -0.4 is 5.32 Å². The fraction of sp³-hybridized carbons (Fsp3) is 0. The van der Waals surface area contributed by atoms with Gasteiger partial charge in [-0.2, -0.15) is 0 Å². The highest BCUT2D eigenvalue weighted by molar-refractivity contribution is 6.06. The van der Waals surface area contributed by atoms with Gasteiger partial charge >= 0.3 is 0 Å². The number of amides is 1. The standard InChI is InChI=1S/C12H10N2O3/c15-9-1-2-10(11(16)7-9)12(17)14-8-3-5-13-6-4-8/h1-7,15-16H,(H,13,14,17). The van der Waals surface area contributed by atoms with E-state index < -0.39 is 5.91 Å². The lowest BCUT2D eigenvalue weighted by molar-refractivity contribution is 0.102. The normalized spacial score (nSPS) is 9.88. The Morgan fingerprint density at radius 1 is 1.12 bits per heavy atom. The van der Waals surface area contributed by atoms with Crippen LogP contribution in [0.2, 0.25) is 0 Å². The van der Waals surface area contributed by atoms with Gasteiger partial charge in [-0.25, -0.2) is 0 Å². The number of aromatic hydroxyl groups is 2. The number of hydrogen-bond donors (Lipinski definition) is 3. The third-order valence-electron chi connectivity index (χ3n) is 2.16. The van der Waals surface area contributed by atoms with Crippen LogP contribution in [0.15, 0.2) is 42.7 Å². The fourth-order valence-corrected chi connectivity index (χ4v) is 1.35. The summed E-state index contributed by atoms with van der Waals surface area (Å²) in [7, 11) is 0. The summed E-state index contributed by atoms with van der Waals surface area (Å²) in [6.07, 6.45) is 3.10. The zero-order valence-electron chi connectivity index (χ0n) is 8.79. The van der Waals surface area contributed by atoms with Crippen LogP contribution in [0.5, 0.6) is 11.5 Å². The van der Waals surface area contributed by atoms with E-state index in [9.17, 15) is 9.90 Å². The van der Waals surface area contributed by atoms with Crippen LogP contribution in [0.4, 0.5) is 5.69 Å². The van der Waals surface area contributed by atoms with E-state index in [0.717, 1.165) is 6.07 Å². The van der Waals surface area contributed by atoms with Crippen molar-refractivity contribution in [1.82, 2.24) is 4.98 Å². The van der Waals surface area contributed by atoms with Crippen molar-refractivity contribution in [3.05, 3.63) is 48.3 Å². The van der Waals surface area contributed by atoms with Crippen molar-refractivity contribution in [2.45, 2.75) is 0 Å². The number of nitrogens with one attached hydrogen (secondary N) is 1. The van der Waals surface area contributed by atoms with E-state index in [1.165, 1.54) is 12.1 Å². The Balaban J connectivity index is 2.21. The molecule has 0 spiro atoms. The molecular weight excluding hydrogens is 220 g/mol. The molecule has 0 bridgehead atoms. The van der Waals surface area contributed by atoms with Crippen LogP contribution >= 0.6 is 0 Å². The molecule has 1 amide bonds. The molecule has 0 unspecified atom stereocenters. The lowest BCUT2D eigenvalue weighted by atomic mass is 10.1. The number of aromatic nitrogens is 1. The Kier molecular flexibility index (Phi) is 2.91. The maximum atomic E-state index is 11.8. The molecule has 1 aromatic carbocycles. The molecule has 2 rings (SSSR count). The monoisotopic (exact) mass is 230 g/mol. The number of pyridine rings is 1. The van der Waals surface area contributed by atoms with E-state index in [1.54, 1.807) is 24.5 Å². The minimum atomic E-state index is -0.450. The Morgan fingerprint density at radius 3 is 2.47 bits per heavy atom. The topological polar surface area (TPSA) is 82.5 Å². The van der Waals surface area contributed by atoms with Gasteiger partial charge in [0.05, 0.1) is 5.56 Å². The SMILES string of the molecule is O=C(Nc1ccncc1)c1ccc(O)cc1O. The van der Waals surface area contributed by atoms with Gasteiger partial charge in [0.25, 0.3) is 5.91 Å². The number of nitrogens with zero attached hydrogens (tertiary/aromatic N) is 1. The first-order chi connectivity index (χ1) is 8.16. The Bertz CT molecular complexity index is 541. The second-order valence-corrected chi connectivity index (χ2v) is 3.39. The maximum Gasteiger partial charge on any atom is 0.259 e. The molecule has 1 heterocycles. The summed E-state index contributed by atoms with van der Waals surface area (Å²) in [5.74, 6) is -0.812. The van der Waals surface area contributed by atoms with Gasteiger partial charge in [0.1, 0.15) is 11.5 Å². The van der Waals surface area contributed by atoms with Gasteiger partial charge in [-0.15, -0.1) is 0 Å². The molecular formula is C12H10N2O3. The average Bonchev–Trinajstić information content (AvgIpc) is 2.30. The molecule has 0 saturated heterocycles. The van der Waals surface area contributed by atoms with Crippen LogP contribution in [-0.2, 0) is 0 Å². The first-order valence-corrected chi connectivity index (χ1v) is 4.90. The lowest BCUT2D eigenvalue weighted by Gasteiger charge is -2.06. The molecule has 0 aliphatic carbocycles. The van der Waals surface area contributed by atoms with Crippen molar-refractivity contribution in [3.8, 4) is 11.5 Å². The zero-order chi connectivity index (χ0) is 12.3. The van der Waals surface area contributed by atoms with Gasteiger partial charge < -0.3 is 15.5 Å². The van der Waals surface area contributed by atoms with Crippen molar-refractivity contribution in [2.75, 3.05) is 5.32 Å². The molecule has 0 aliphatic heterocycles. The smallest absolute Gasteiger partial charge is 0.259 e. The largest absolute Gasteiger partial charge is 0.508 e. The Morgan fingerprint density at radius 2 is 1.82 bits per heavy atom. The van der Waals surface area contributed by atoms with Crippen LogP contribution in [0, 0.1) is 0 Å². The number of phenols is 2. The second-order valence-electron chi connectivity index (χ2n) is 3.39. The summed E-state index contributed by atoms with van der Waals surface area (Å²) in [4.78, 5) is 15.6. The zero-order valence-corrected chi connectivity index (χ0v) is 8.79. The number of rotatable bonds is 2. The molecule has 0 saturated carbocycles. The summed E-state index contributed by atoms with van der Waals surface area (Å²) < 4.78 is 0. The number of anilines is 1. The maximum absolute atomic E-state index is 11.8.